The highest BCUT2D eigenvalue weighted by atomic mass is 35.5. The van der Waals surface area contributed by atoms with Gasteiger partial charge in [-0.1, -0.05) is 23.2 Å². The van der Waals surface area contributed by atoms with Crippen LogP contribution in [0.3, 0.4) is 0 Å². The Hall–Kier alpha value is -2.63. The number of aromatic nitrogens is 1. The van der Waals surface area contributed by atoms with Crippen LogP contribution in [0.15, 0.2) is 12.1 Å². The third-order valence-electron chi connectivity index (χ3n) is 5.32. The molecular weight excluding hydrogens is 551 g/mol. The number of carbonyl (C=O) groups is 4. The summed E-state index contributed by atoms with van der Waals surface area (Å²) in [6.45, 7) is 12.4. The number of rotatable bonds is 9. The van der Waals surface area contributed by atoms with Gasteiger partial charge >= 0.3 is 18.0 Å². The Morgan fingerprint density at radius 2 is 1.51 bits per heavy atom. The normalized spacial score (nSPS) is 15.3. The van der Waals surface area contributed by atoms with Crippen molar-refractivity contribution in [2.45, 2.75) is 78.2 Å². The average Bonchev–Trinajstić information content (AvgIpc) is 2.77. The van der Waals surface area contributed by atoms with Gasteiger partial charge in [0.15, 0.2) is 0 Å². The van der Waals surface area contributed by atoms with E-state index in [4.69, 9.17) is 37.4 Å². The number of halogens is 2. The first-order valence-corrected chi connectivity index (χ1v) is 13.5. The van der Waals surface area contributed by atoms with Gasteiger partial charge in [-0.2, -0.15) is 0 Å². The Bertz CT molecular complexity index is 1010. The molecule has 0 unspecified atom stereocenters. The molecular formula is C26H38Cl2N4O7. The number of hydrogen-bond donors (Lipinski definition) is 1. The molecule has 39 heavy (non-hydrogen) atoms. The van der Waals surface area contributed by atoms with Crippen LogP contribution in [0.2, 0.25) is 10.3 Å². The van der Waals surface area contributed by atoms with Crippen molar-refractivity contribution in [1.29, 1.82) is 0 Å². The van der Waals surface area contributed by atoms with Crippen molar-refractivity contribution in [2.24, 2.45) is 0 Å². The minimum absolute atomic E-state index is 0.00541. The van der Waals surface area contributed by atoms with Gasteiger partial charge in [-0.05, 0) is 65.7 Å². The third-order valence-corrected chi connectivity index (χ3v) is 5.71. The zero-order valence-corrected chi connectivity index (χ0v) is 24.9. The van der Waals surface area contributed by atoms with Gasteiger partial charge < -0.3 is 24.4 Å². The molecule has 1 N–H and O–H groups in total. The number of pyridine rings is 1. The van der Waals surface area contributed by atoms with Gasteiger partial charge in [-0.15, -0.1) is 0 Å². The van der Waals surface area contributed by atoms with Crippen molar-refractivity contribution in [3.05, 3.63) is 28.0 Å². The molecule has 1 aliphatic rings. The number of nitrogens with one attached hydrogen (secondary N) is 1. The van der Waals surface area contributed by atoms with Crippen LogP contribution in [0.1, 0.15) is 59.9 Å². The van der Waals surface area contributed by atoms with E-state index in [1.807, 2.05) is 25.7 Å². The number of carbonyl (C=O) groups excluding carboxylic acids is 4. The van der Waals surface area contributed by atoms with Crippen molar-refractivity contribution in [1.82, 2.24) is 20.1 Å². The molecule has 0 aromatic carbocycles. The van der Waals surface area contributed by atoms with Crippen LogP contribution in [0.5, 0.6) is 0 Å². The van der Waals surface area contributed by atoms with Crippen LogP contribution in [0, 0.1) is 0 Å². The lowest BCUT2D eigenvalue weighted by Crippen LogP contribution is -2.51. The maximum absolute atomic E-state index is 12.9. The molecule has 1 saturated heterocycles. The fraction of sp³-hybridized carbons (Fsp3) is 0.654. The fourth-order valence-corrected chi connectivity index (χ4v) is 4.19. The van der Waals surface area contributed by atoms with E-state index in [2.05, 4.69) is 10.3 Å². The Balaban J connectivity index is 1.93. The summed E-state index contributed by atoms with van der Waals surface area (Å²) in [5, 5.41) is 2.80. The van der Waals surface area contributed by atoms with Gasteiger partial charge in [0.25, 0.3) is 0 Å². The highest BCUT2D eigenvalue weighted by molar-refractivity contribution is 6.32. The molecule has 13 heteroatoms. The van der Waals surface area contributed by atoms with Gasteiger partial charge in [-0.25, -0.2) is 14.6 Å². The molecule has 218 valence electrons. The van der Waals surface area contributed by atoms with Crippen molar-refractivity contribution < 1.29 is 33.4 Å². The summed E-state index contributed by atoms with van der Waals surface area (Å²) >= 11 is 11.8. The van der Waals surface area contributed by atoms with Crippen LogP contribution >= 0.6 is 23.2 Å². The second kappa shape index (κ2) is 14.1. The Labute approximate surface area is 239 Å². The number of hydrogen-bond acceptors (Lipinski definition) is 9. The number of amides is 2. The topological polar surface area (TPSA) is 127 Å². The molecule has 2 heterocycles. The smallest absolute Gasteiger partial charge is 0.408 e. The molecule has 11 nitrogen and oxygen atoms in total. The lowest BCUT2D eigenvalue weighted by atomic mass is 10.1. The molecule has 0 saturated carbocycles. The van der Waals surface area contributed by atoms with Crippen LogP contribution < -0.4 is 5.32 Å². The van der Waals surface area contributed by atoms with E-state index in [9.17, 15) is 19.2 Å². The largest absolute Gasteiger partial charge is 0.459 e. The zero-order valence-electron chi connectivity index (χ0n) is 23.3. The Morgan fingerprint density at radius 1 is 0.949 bits per heavy atom. The summed E-state index contributed by atoms with van der Waals surface area (Å²) in [4.78, 5) is 57.7. The number of esters is 2. The van der Waals surface area contributed by atoms with Gasteiger partial charge in [0, 0.05) is 32.6 Å². The van der Waals surface area contributed by atoms with Crippen molar-refractivity contribution in [2.75, 3.05) is 32.7 Å². The van der Waals surface area contributed by atoms with Gasteiger partial charge in [0.05, 0.1) is 6.54 Å². The SMILES string of the molecule is CC(C)(C)OC(=O)CN1CCN(C(=O)CC[C@H](NC(=O)OC(C)(C)C)C(=O)OCc2cc(Cl)nc(Cl)c2)CC1. The van der Waals surface area contributed by atoms with Crippen LogP contribution in [0.4, 0.5) is 4.79 Å². The first-order valence-electron chi connectivity index (χ1n) is 12.7. The molecule has 1 aromatic heterocycles. The lowest BCUT2D eigenvalue weighted by Gasteiger charge is -2.35. The molecule has 2 rings (SSSR count). The number of ether oxygens (including phenoxy) is 3. The summed E-state index contributed by atoms with van der Waals surface area (Å²) in [5.74, 6) is -1.23. The molecule has 0 spiro atoms. The van der Waals surface area contributed by atoms with E-state index in [1.165, 1.54) is 12.1 Å². The molecule has 1 atom stereocenters. The minimum atomic E-state index is -1.12. The van der Waals surface area contributed by atoms with E-state index in [0.717, 1.165) is 0 Å². The van der Waals surface area contributed by atoms with E-state index < -0.39 is 29.3 Å². The van der Waals surface area contributed by atoms with E-state index in [1.54, 1.807) is 25.7 Å². The summed E-state index contributed by atoms with van der Waals surface area (Å²) in [6.07, 6.45) is -0.802. The van der Waals surface area contributed by atoms with E-state index in [0.29, 0.717) is 31.7 Å². The van der Waals surface area contributed by atoms with Gasteiger partial charge in [0.2, 0.25) is 5.91 Å². The summed E-state index contributed by atoms with van der Waals surface area (Å²) in [6, 6.07) is 1.89. The maximum Gasteiger partial charge on any atom is 0.408 e. The molecule has 0 aliphatic carbocycles. The standard InChI is InChI=1S/C26H38Cl2N4O7/c1-25(2,3)38-22(34)15-31-9-11-32(12-10-31)21(33)8-7-18(29-24(36)39-26(4,5)6)23(35)37-16-17-13-19(27)30-20(28)14-17/h13-14,18H,7-12,15-16H2,1-6H3,(H,29,36)/t18-/m0/s1. The zero-order chi connectivity index (χ0) is 29.4. The molecule has 2 amide bonds. The van der Waals surface area contributed by atoms with Gasteiger partial charge in [0.1, 0.15) is 34.2 Å². The lowest BCUT2D eigenvalue weighted by molar-refractivity contribution is -0.156. The number of piperazine rings is 1. The monoisotopic (exact) mass is 588 g/mol. The van der Waals surface area contributed by atoms with Crippen LogP contribution in [0.25, 0.3) is 0 Å². The Kier molecular flexibility index (Phi) is 11.8. The quantitative estimate of drug-likeness (QED) is 0.261. The first-order chi connectivity index (χ1) is 18.0. The fourth-order valence-electron chi connectivity index (χ4n) is 3.69. The van der Waals surface area contributed by atoms with E-state index >= 15 is 0 Å². The van der Waals surface area contributed by atoms with Crippen LogP contribution in [-0.2, 0) is 35.2 Å². The third kappa shape index (κ3) is 12.8. The highest BCUT2D eigenvalue weighted by Crippen LogP contribution is 2.17. The second-order valence-corrected chi connectivity index (χ2v) is 12.0. The molecule has 0 radical (unpaired) electrons. The average molecular weight is 590 g/mol. The molecule has 1 aliphatic heterocycles. The molecule has 1 aromatic rings. The summed E-state index contributed by atoms with van der Waals surface area (Å²) < 4.78 is 16.0. The van der Waals surface area contributed by atoms with Crippen molar-refractivity contribution in [3.63, 3.8) is 0 Å². The summed E-state index contributed by atoms with van der Waals surface area (Å²) in [7, 11) is 0. The molecule has 1 fully saturated rings. The van der Waals surface area contributed by atoms with E-state index in [-0.39, 0.29) is 48.2 Å². The Morgan fingerprint density at radius 3 is 2.05 bits per heavy atom. The van der Waals surface area contributed by atoms with Crippen LogP contribution in [-0.4, -0.2) is 88.7 Å². The minimum Gasteiger partial charge on any atom is -0.459 e. The van der Waals surface area contributed by atoms with Crippen molar-refractivity contribution in [3.8, 4) is 0 Å². The first kappa shape index (κ1) is 32.6. The number of alkyl carbamates (subject to hydrolysis) is 1. The molecule has 0 bridgehead atoms. The predicted octanol–water partition coefficient (Wildman–Crippen LogP) is 3.59. The van der Waals surface area contributed by atoms with Gasteiger partial charge in [-0.3, -0.25) is 14.5 Å². The maximum atomic E-state index is 12.9. The highest BCUT2D eigenvalue weighted by Gasteiger charge is 2.29. The second-order valence-electron chi connectivity index (χ2n) is 11.2. The van der Waals surface area contributed by atoms with Crippen molar-refractivity contribution >= 4 is 47.1 Å². The summed E-state index contributed by atoms with van der Waals surface area (Å²) in [5.41, 5.74) is -0.819. The number of nitrogens with zero attached hydrogens (tertiary/aromatic N) is 3. The predicted molar refractivity (Wildman–Crippen MR) is 145 cm³/mol.